The van der Waals surface area contributed by atoms with Crippen molar-refractivity contribution in [1.29, 1.82) is 0 Å². The van der Waals surface area contributed by atoms with Gasteiger partial charge in [-0.3, -0.25) is 0 Å². The van der Waals surface area contributed by atoms with E-state index in [9.17, 15) is 0 Å². The Hall–Kier alpha value is -4.66. The van der Waals surface area contributed by atoms with Gasteiger partial charge in [-0.1, -0.05) is 93.5 Å². The molecule has 0 spiro atoms. The first kappa shape index (κ1) is 34.8. The van der Waals surface area contributed by atoms with Crippen molar-refractivity contribution in [1.82, 2.24) is 9.55 Å². The molecule has 3 heterocycles. The molecule has 0 amide bonds. The largest absolute Gasteiger partial charge is 2.00 e. The minimum Gasteiger partial charge on any atom is -0.347 e. The third kappa shape index (κ3) is 5.98. The van der Waals surface area contributed by atoms with Crippen molar-refractivity contribution >= 4 is 38.9 Å². The Bertz CT molecular complexity index is 2380. The molecule has 1 aliphatic heterocycles. The van der Waals surface area contributed by atoms with Gasteiger partial charge in [-0.05, 0) is 84.5 Å². The van der Waals surface area contributed by atoms with Gasteiger partial charge in [0.1, 0.15) is 5.82 Å². The number of pyridine rings is 1. The maximum Gasteiger partial charge on any atom is 2.00 e. The van der Waals surface area contributed by atoms with Crippen molar-refractivity contribution in [2.75, 3.05) is 16.5 Å². The molecule has 0 N–H and O–H groups in total. The predicted molar refractivity (Wildman–Crippen MR) is 210 cm³/mol. The van der Waals surface area contributed by atoms with Crippen LogP contribution in [0, 0.1) is 12.1 Å². The van der Waals surface area contributed by atoms with Crippen LogP contribution in [0.15, 0.2) is 121 Å². The van der Waals surface area contributed by atoms with Gasteiger partial charge in [-0.25, -0.2) is 4.98 Å². The average Bonchev–Trinajstić information content (AvgIpc) is 3.68. The minimum atomic E-state index is -0.361. The molecule has 8 rings (SSSR count). The number of aromatic nitrogens is 2. The number of rotatable bonds is 6. The van der Waals surface area contributed by atoms with E-state index in [1.807, 2.05) is 6.20 Å². The van der Waals surface area contributed by atoms with Gasteiger partial charge in [0.2, 0.25) is 0 Å². The molecular weight excluding hydrogens is 804 g/mol. The van der Waals surface area contributed by atoms with Crippen molar-refractivity contribution in [3.05, 3.63) is 150 Å². The summed E-state index contributed by atoms with van der Waals surface area (Å²) in [5.41, 5.74) is 11.3. The normalized spacial score (nSPS) is 13.3. The second-order valence-electron chi connectivity index (χ2n) is 15.4. The second-order valence-corrected chi connectivity index (χ2v) is 15.4. The van der Waals surface area contributed by atoms with E-state index < -0.39 is 0 Å². The first-order valence-corrected chi connectivity index (χ1v) is 17.7. The maximum absolute atomic E-state index is 4.96. The van der Waals surface area contributed by atoms with Crippen molar-refractivity contribution in [2.24, 2.45) is 0 Å². The van der Waals surface area contributed by atoms with Crippen LogP contribution in [0.25, 0.3) is 38.8 Å². The number of para-hydroxylation sites is 3. The van der Waals surface area contributed by atoms with Crippen LogP contribution in [0.4, 0.5) is 17.1 Å². The molecule has 0 saturated carbocycles. The van der Waals surface area contributed by atoms with Crippen molar-refractivity contribution < 1.29 is 21.1 Å². The van der Waals surface area contributed by atoms with E-state index in [4.69, 9.17) is 4.98 Å². The summed E-state index contributed by atoms with van der Waals surface area (Å²) in [7, 11) is 0. The number of anilines is 3. The van der Waals surface area contributed by atoms with Crippen molar-refractivity contribution in [3.63, 3.8) is 0 Å². The van der Waals surface area contributed by atoms with Gasteiger partial charge in [0, 0.05) is 17.3 Å². The first-order chi connectivity index (χ1) is 24.0. The molecule has 51 heavy (non-hydrogen) atoms. The van der Waals surface area contributed by atoms with Crippen molar-refractivity contribution in [2.45, 2.75) is 65.3 Å². The zero-order valence-corrected chi connectivity index (χ0v) is 32.7. The standard InChI is InChI=1S/C46H44N4.Pt/c1-31(2)36-17-8-9-18-37(36)32-25-26-47-44(27-32)50-40-20-11-10-19-38(40)39-24-23-34(29-43(39)50)46(6,7)33-15-14-16-35(28-33)48-30-49(45(3,4)5)42-22-13-12-21-41(42)48;/h8-27,31H,30H2,1-7H3;/q-2;+2. The Morgan fingerprint density at radius 3 is 2.18 bits per heavy atom. The molecule has 7 aromatic rings. The Balaban J connectivity index is 0.00000406. The predicted octanol–water partition coefficient (Wildman–Crippen LogP) is 11.6. The van der Waals surface area contributed by atoms with Crippen LogP contribution in [0.1, 0.15) is 71.1 Å². The SMILES string of the molecule is CC(C)c1ccccc1-c1ccnc(-n2c3[c-]c(C(C)(C)c4[c-]c(N5CN(C(C)(C)C)c6ccccc65)ccc4)ccc3c3ccccc32)c1.[Pt+2]. The van der Waals surface area contributed by atoms with E-state index in [1.165, 1.54) is 38.8 Å². The van der Waals surface area contributed by atoms with Gasteiger partial charge in [-0.15, -0.1) is 11.5 Å². The van der Waals surface area contributed by atoms with Gasteiger partial charge in [0.25, 0.3) is 0 Å². The molecule has 5 aromatic carbocycles. The fourth-order valence-corrected chi connectivity index (χ4v) is 7.58. The van der Waals surface area contributed by atoms with Crippen LogP contribution in [0.5, 0.6) is 0 Å². The fourth-order valence-electron chi connectivity index (χ4n) is 7.58. The minimum absolute atomic E-state index is 0. The summed E-state index contributed by atoms with van der Waals surface area (Å²) in [6, 6.07) is 49.2. The molecular formula is C46H44N4Pt. The Labute approximate surface area is 317 Å². The molecule has 0 radical (unpaired) electrons. The summed E-state index contributed by atoms with van der Waals surface area (Å²) in [5.74, 6) is 1.31. The Kier molecular flexibility index (Phi) is 8.96. The summed E-state index contributed by atoms with van der Waals surface area (Å²) >= 11 is 0. The van der Waals surface area contributed by atoms with Crippen LogP contribution in [0.2, 0.25) is 0 Å². The Morgan fingerprint density at radius 2 is 1.39 bits per heavy atom. The summed E-state index contributed by atoms with van der Waals surface area (Å²) < 4.78 is 2.29. The van der Waals surface area contributed by atoms with E-state index in [-0.39, 0.29) is 32.0 Å². The van der Waals surface area contributed by atoms with Crippen LogP contribution in [-0.2, 0) is 26.5 Å². The molecule has 258 valence electrons. The molecule has 1 aliphatic rings. The van der Waals surface area contributed by atoms with Gasteiger partial charge in [0.05, 0.1) is 18.0 Å². The smallest absolute Gasteiger partial charge is 0.347 e. The van der Waals surface area contributed by atoms with Crippen molar-refractivity contribution in [3.8, 4) is 16.9 Å². The Morgan fingerprint density at radius 1 is 0.686 bits per heavy atom. The quantitative estimate of drug-likeness (QED) is 0.156. The van der Waals surface area contributed by atoms with Gasteiger partial charge in [-0.2, -0.15) is 47.5 Å². The molecule has 0 aliphatic carbocycles. The molecule has 4 nitrogen and oxygen atoms in total. The van der Waals surface area contributed by atoms with E-state index >= 15 is 0 Å². The van der Waals surface area contributed by atoms with Crippen LogP contribution in [-0.4, -0.2) is 21.8 Å². The maximum atomic E-state index is 4.96. The molecule has 5 heteroatoms. The monoisotopic (exact) mass is 847 g/mol. The number of hydrogen-bond acceptors (Lipinski definition) is 3. The van der Waals surface area contributed by atoms with E-state index in [2.05, 4.69) is 190 Å². The zero-order chi connectivity index (χ0) is 34.8. The molecule has 0 bridgehead atoms. The zero-order valence-electron chi connectivity index (χ0n) is 30.4. The molecule has 2 aromatic heterocycles. The third-order valence-electron chi connectivity index (χ3n) is 10.4. The average molecular weight is 848 g/mol. The molecule has 0 atom stereocenters. The number of hydrogen-bond donors (Lipinski definition) is 0. The first-order valence-electron chi connectivity index (χ1n) is 17.7. The van der Waals surface area contributed by atoms with Crippen LogP contribution in [0.3, 0.4) is 0 Å². The van der Waals surface area contributed by atoms with E-state index in [0.29, 0.717) is 5.92 Å². The molecule has 0 fully saturated rings. The van der Waals surface area contributed by atoms with E-state index in [0.717, 1.165) is 40.3 Å². The number of nitrogens with zero attached hydrogens (tertiary/aromatic N) is 4. The topological polar surface area (TPSA) is 24.3 Å². The van der Waals surface area contributed by atoms with Gasteiger partial charge < -0.3 is 14.4 Å². The summed E-state index contributed by atoms with van der Waals surface area (Å²) in [6.45, 7) is 16.7. The number of fused-ring (bicyclic) bond motifs is 4. The van der Waals surface area contributed by atoms with Crippen LogP contribution >= 0.6 is 0 Å². The summed E-state index contributed by atoms with van der Waals surface area (Å²) in [5, 5.41) is 2.37. The fraction of sp³-hybridized carbons (Fsp3) is 0.239. The number of benzene rings is 5. The summed E-state index contributed by atoms with van der Waals surface area (Å²) in [4.78, 5) is 9.82. The van der Waals surface area contributed by atoms with E-state index in [1.54, 1.807) is 0 Å². The van der Waals surface area contributed by atoms with Gasteiger partial charge in [0.15, 0.2) is 0 Å². The van der Waals surface area contributed by atoms with Gasteiger partial charge >= 0.3 is 21.1 Å². The summed E-state index contributed by atoms with van der Waals surface area (Å²) in [6.07, 6.45) is 1.94. The second kappa shape index (κ2) is 13.1. The van der Waals surface area contributed by atoms with Crippen LogP contribution < -0.4 is 9.80 Å². The molecule has 0 unspecified atom stereocenters. The molecule has 0 saturated heterocycles. The third-order valence-corrected chi connectivity index (χ3v) is 10.4.